The van der Waals surface area contributed by atoms with Gasteiger partial charge < -0.3 is 16.0 Å². The van der Waals surface area contributed by atoms with Crippen LogP contribution in [-0.4, -0.2) is 22.7 Å². The van der Waals surface area contributed by atoms with E-state index in [2.05, 4.69) is 4.98 Å². The van der Waals surface area contributed by atoms with Gasteiger partial charge in [-0.3, -0.25) is 0 Å². The van der Waals surface area contributed by atoms with Crippen LogP contribution in [0.15, 0.2) is 6.07 Å². The van der Waals surface area contributed by atoms with Gasteiger partial charge in [0.2, 0.25) is 5.88 Å². The summed E-state index contributed by atoms with van der Waals surface area (Å²) in [5.41, 5.74) is 0. The van der Waals surface area contributed by atoms with Crippen molar-refractivity contribution in [2.45, 2.75) is 0 Å². The molecule has 0 amide bonds. The zero-order chi connectivity index (χ0) is 10.7. The molecule has 0 saturated heterocycles. The Labute approximate surface area is 100 Å². The molecule has 0 aliphatic heterocycles. The quantitative estimate of drug-likeness (QED) is 0.826. The lowest BCUT2D eigenvalue weighted by atomic mass is 10.5. The summed E-state index contributed by atoms with van der Waals surface area (Å²) in [5, 5.41) is 8.64. The van der Waals surface area contributed by atoms with E-state index in [9.17, 15) is 4.79 Å². The van der Waals surface area contributed by atoms with E-state index in [0.717, 1.165) is 0 Å². The van der Waals surface area contributed by atoms with Gasteiger partial charge in [-0.2, -0.15) is 4.98 Å². The van der Waals surface area contributed by atoms with E-state index in [1.807, 2.05) is 0 Å². The van der Waals surface area contributed by atoms with E-state index < -0.39 is 12.6 Å². The van der Waals surface area contributed by atoms with Crippen LogP contribution >= 0.6 is 34.8 Å². The molecule has 0 spiro atoms. The van der Waals surface area contributed by atoms with Gasteiger partial charge in [0.05, 0.1) is 5.02 Å². The minimum atomic E-state index is -1.13. The predicted octanol–water partition coefficient (Wildman–Crippen LogP) is 2.67. The van der Waals surface area contributed by atoms with Crippen molar-refractivity contribution in [3.8, 4) is 5.88 Å². The van der Waals surface area contributed by atoms with E-state index in [1.54, 1.807) is 0 Å². The highest BCUT2D eigenvalue weighted by atomic mass is 35.5. The van der Waals surface area contributed by atoms with E-state index in [0.29, 0.717) is 0 Å². The highest BCUT2D eigenvalue weighted by molar-refractivity contribution is 6.42. The molecule has 1 rings (SSSR count). The molecule has 0 aliphatic carbocycles. The van der Waals surface area contributed by atoms with Gasteiger partial charge in [-0.25, -0.2) is 4.79 Å². The van der Waals surface area contributed by atoms with Gasteiger partial charge in [0, 0.05) is 0 Å². The standard InChI is InChI=1S/C7H4Cl3NO3.H3N/c8-3-1-4(9)7(11-6(3)10)14-2-5(12)13;/h1H,2H2,(H,12,13);1H3. The summed E-state index contributed by atoms with van der Waals surface area (Å²) in [5.74, 6) is -1.18. The van der Waals surface area contributed by atoms with Gasteiger partial charge in [-0.05, 0) is 6.07 Å². The fourth-order valence-electron chi connectivity index (χ4n) is 0.660. The average Bonchev–Trinajstić information content (AvgIpc) is 2.09. The van der Waals surface area contributed by atoms with Crippen LogP contribution in [0.4, 0.5) is 0 Å². The number of carboxylic acids is 1. The molecular weight excluding hydrogens is 266 g/mol. The van der Waals surface area contributed by atoms with Crippen molar-refractivity contribution in [1.82, 2.24) is 11.1 Å². The van der Waals surface area contributed by atoms with Gasteiger partial charge in [0.15, 0.2) is 11.8 Å². The number of nitrogens with zero attached hydrogens (tertiary/aromatic N) is 1. The normalized spacial score (nSPS) is 9.27. The molecule has 1 aromatic rings. The molecule has 0 unspecified atom stereocenters. The lowest BCUT2D eigenvalue weighted by molar-refractivity contribution is -0.139. The number of carbonyl (C=O) groups is 1. The molecule has 0 saturated carbocycles. The third kappa shape index (κ3) is 4.09. The number of aliphatic carboxylic acids is 1. The molecule has 15 heavy (non-hydrogen) atoms. The molecule has 0 atom stereocenters. The summed E-state index contributed by atoms with van der Waals surface area (Å²) in [6, 6.07) is 1.33. The van der Waals surface area contributed by atoms with Crippen LogP contribution in [0, 0.1) is 0 Å². The molecule has 1 heterocycles. The zero-order valence-corrected chi connectivity index (χ0v) is 9.60. The Hall–Kier alpha value is -0.750. The first kappa shape index (κ1) is 14.2. The Kier molecular flexibility index (Phi) is 5.67. The lowest BCUT2D eigenvalue weighted by Gasteiger charge is -2.05. The molecule has 5 nitrogen and oxygen atoms in total. The number of pyridine rings is 1. The summed E-state index contributed by atoms with van der Waals surface area (Å²) in [4.78, 5) is 13.8. The first-order chi connectivity index (χ1) is 6.50. The fourth-order valence-corrected chi connectivity index (χ4v) is 1.20. The Morgan fingerprint density at radius 2 is 2.00 bits per heavy atom. The van der Waals surface area contributed by atoms with Gasteiger partial charge in [0.25, 0.3) is 0 Å². The van der Waals surface area contributed by atoms with Crippen LogP contribution in [0.5, 0.6) is 5.88 Å². The second kappa shape index (κ2) is 5.97. The zero-order valence-electron chi connectivity index (χ0n) is 7.34. The van der Waals surface area contributed by atoms with Crippen molar-refractivity contribution in [3.05, 3.63) is 21.3 Å². The lowest BCUT2D eigenvalue weighted by Crippen LogP contribution is -2.10. The second-order valence-corrected chi connectivity index (χ2v) is 3.40. The number of ether oxygens (including phenoxy) is 1. The molecular formula is C7H7Cl3N2O3. The highest BCUT2D eigenvalue weighted by Gasteiger charge is 2.10. The number of hydrogen-bond donors (Lipinski definition) is 2. The third-order valence-electron chi connectivity index (χ3n) is 1.19. The van der Waals surface area contributed by atoms with Crippen molar-refractivity contribution in [2.75, 3.05) is 6.61 Å². The van der Waals surface area contributed by atoms with Crippen LogP contribution < -0.4 is 10.9 Å². The average molecular weight is 274 g/mol. The molecule has 1 aromatic heterocycles. The smallest absolute Gasteiger partial charge is 0.341 e. The van der Waals surface area contributed by atoms with Crippen molar-refractivity contribution in [3.63, 3.8) is 0 Å². The first-order valence-corrected chi connectivity index (χ1v) is 4.50. The third-order valence-corrected chi connectivity index (χ3v) is 2.13. The van der Waals surface area contributed by atoms with Gasteiger partial charge >= 0.3 is 5.97 Å². The SMILES string of the molecule is N.O=C(O)COc1nc(Cl)c(Cl)cc1Cl. The van der Waals surface area contributed by atoms with Crippen molar-refractivity contribution < 1.29 is 14.6 Å². The van der Waals surface area contributed by atoms with E-state index >= 15 is 0 Å². The Morgan fingerprint density at radius 3 is 2.53 bits per heavy atom. The molecule has 84 valence electrons. The number of hydrogen-bond acceptors (Lipinski definition) is 4. The van der Waals surface area contributed by atoms with Gasteiger partial charge in [-0.1, -0.05) is 34.8 Å². The number of aromatic nitrogens is 1. The first-order valence-electron chi connectivity index (χ1n) is 3.37. The molecule has 4 N–H and O–H groups in total. The largest absolute Gasteiger partial charge is 0.479 e. The fraction of sp³-hybridized carbons (Fsp3) is 0.143. The number of halogens is 3. The summed E-state index contributed by atoms with van der Waals surface area (Å²) < 4.78 is 4.75. The number of carboxylic acid groups (broad SMARTS) is 1. The maximum absolute atomic E-state index is 10.2. The van der Waals surface area contributed by atoms with Crippen molar-refractivity contribution in [1.29, 1.82) is 0 Å². The van der Waals surface area contributed by atoms with E-state index in [1.165, 1.54) is 6.07 Å². The minimum Gasteiger partial charge on any atom is -0.479 e. The Bertz CT molecular complexity index is 373. The molecule has 0 bridgehead atoms. The van der Waals surface area contributed by atoms with Crippen molar-refractivity contribution >= 4 is 40.8 Å². The summed E-state index contributed by atoms with van der Waals surface area (Å²) in [7, 11) is 0. The van der Waals surface area contributed by atoms with Crippen LogP contribution in [0.1, 0.15) is 0 Å². The molecule has 0 fully saturated rings. The van der Waals surface area contributed by atoms with Gasteiger partial charge in [-0.15, -0.1) is 0 Å². The number of rotatable bonds is 3. The van der Waals surface area contributed by atoms with Crippen LogP contribution in [-0.2, 0) is 4.79 Å². The monoisotopic (exact) mass is 272 g/mol. The van der Waals surface area contributed by atoms with E-state index in [-0.39, 0.29) is 27.2 Å². The van der Waals surface area contributed by atoms with E-state index in [4.69, 9.17) is 44.6 Å². The maximum Gasteiger partial charge on any atom is 0.341 e. The Morgan fingerprint density at radius 1 is 1.40 bits per heavy atom. The van der Waals surface area contributed by atoms with Gasteiger partial charge in [0.1, 0.15) is 5.02 Å². The summed E-state index contributed by atoms with van der Waals surface area (Å²) in [6.45, 7) is -0.537. The van der Waals surface area contributed by atoms with Crippen LogP contribution in [0.2, 0.25) is 15.2 Å². The predicted molar refractivity (Wildman–Crippen MR) is 57.4 cm³/mol. The molecule has 0 aromatic carbocycles. The summed E-state index contributed by atoms with van der Waals surface area (Å²) >= 11 is 16.8. The molecule has 8 heteroatoms. The second-order valence-electron chi connectivity index (χ2n) is 2.23. The topological polar surface area (TPSA) is 94.4 Å². The maximum atomic E-state index is 10.2. The van der Waals surface area contributed by atoms with Crippen LogP contribution in [0.3, 0.4) is 0 Å². The van der Waals surface area contributed by atoms with Crippen molar-refractivity contribution in [2.24, 2.45) is 0 Å². The molecule has 0 aliphatic rings. The highest BCUT2D eigenvalue weighted by Crippen LogP contribution is 2.30. The Balaban J connectivity index is 0.00000196. The minimum absolute atomic E-state index is 0. The summed E-state index contributed by atoms with van der Waals surface area (Å²) in [6.07, 6.45) is 0. The molecule has 0 radical (unpaired) electrons. The van der Waals surface area contributed by atoms with Crippen LogP contribution in [0.25, 0.3) is 0 Å².